The van der Waals surface area contributed by atoms with Gasteiger partial charge >= 0.3 is 0 Å². The van der Waals surface area contributed by atoms with Gasteiger partial charge in [-0.1, -0.05) is 24.3 Å². The molecule has 4 rings (SSSR count). The minimum absolute atomic E-state index is 0.0798. The molecule has 128 valence electrons. The van der Waals surface area contributed by atoms with E-state index >= 15 is 0 Å². The number of aromatic nitrogens is 1. The van der Waals surface area contributed by atoms with Crippen LogP contribution in [-0.2, 0) is 11.2 Å². The Bertz CT molecular complexity index is 833. The predicted octanol–water partition coefficient (Wildman–Crippen LogP) is 3.83. The molecule has 1 aromatic heterocycles. The lowest BCUT2D eigenvalue weighted by Crippen LogP contribution is -2.37. The summed E-state index contributed by atoms with van der Waals surface area (Å²) in [5, 5.41) is 7.43. The molecule has 2 N–H and O–H groups in total. The van der Waals surface area contributed by atoms with Gasteiger partial charge in [0.15, 0.2) is 0 Å². The summed E-state index contributed by atoms with van der Waals surface area (Å²) in [4.78, 5) is 17.0. The van der Waals surface area contributed by atoms with Crippen LogP contribution in [0.4, 0.5) is 5.69 Å². The summed E-state index contributed by atoms with van der Waals surface area (Å²) in [6.07, 6.45) is 2.85. The molecule has 0 bridgehead atoms. The minimum atomic E-state index is 0.0798. The van der Waals surface area contributed by atoms with Crippen molar-refractivity contribution < 1.29 is 4.79 Å². The zero-order valence-electron chi connectivity index (χ0n) is 14.0. The number of carbonyl (C=O) groups excluding carboxylic acids is 1. The fourth-order valence-corrected chi connectivity index (χ4v) is 4.20. The van der Waals surface area contributed by atoms with Crippen LogP contribution < -0.4 is 10.6 Å². The SMILES string of the molecule is O=C(Nc1ccc(Cc2nc3ccccc3s2)cc1)C1CCCNC1. The number of nitrogens with one attached hydrogen (secondary N) is 2. The number of carbonyl (C=O) groups is 1. The number of nitrogens with zero attached hydrogens (tertiary/aromatic N) is 1. The molecule has 5 heteroatoms. The largest absolute Gasteiger partial charge is 0.326 e. The van der Waals surface area contributed by atoms with Crippen LogP contribution >= 0.6 is 11.3 Å². The summed E-state index contributed by atoms with van der Waals surface area (Å²) >= 11 is 1.74. The van der Waals surface area contributed by atoms with E-state index in [-0.39, 0.29) is 11.8 Å². The summed E-state index contributed by atoms with van der Waals surface area (Å²) in [6, 6.07) is 16.3. The standard InChI is InChI=1S/C20H21N3OS/c24-20(15-4-3-11-21-13-15)22-16-9-7-14(8-10-16)12-19-23-17-5-1-2-6-18(17)25-19/h1-2,5-10,15,21H,3-4,11-13H2,(H,22,24). The van der Waals surface area contributed by atoms with Gasteiger partial charge in [-0.2, -0.15) is 0 Å². The molecule has 0 saturated carbocycles. The summed E-state index contributed by atoms with van der Waals surface area (Å²) in [5.41, 5.74) is 3.13. The molecule has 0 spiro atoms. The average molecular weight is 351 g/mol. The van der Waals surface area contributed by atoms with E-state index in [2.05, 4.69) is 33.8 Å². The molecule has 1 amide bonds. The second-order valence-corrected chi connectivity index (χ2v) is 7.60. The molecule has 1 unspecified atom stereocenters. The Kier molecular flexibility index (Phi) is 4.76. The van der Waals surface area contributed by atoms with Crippen molar-refractivity contribution in [2.45, 2.75) is 19.3 Å². The van der Waals surface area contributed by atoms with Crippen molar-refractivity contribution in [2.24, 2.45) is 5.92 Å². The van der Waals surface area contributed by atoms with Crippen molar-refractivity contribution in [3.8, 4) is 0 Å². The normalized spacial score (nSPS) is 17.5. The number of piperidine rings is 1. The van der Waals surface area contributed by atoms with Crippen LogP contribution in [0.15, 0.2) is 48.5 Å². The summed E-state index contributed by atoms with van der Waals surface area (Å²) < 4.78 is 1.22. The van der Waals surface area contributed by atoms with Crippen LogP contribution in [0.3, 0.4) is 0 Å². The fourth-order valence-electron chi connectivity index (χ4n) is 3.20. The van der Waals surface area contributed by atoms with Crippen molar-refractivity contribution in [2.75, 3.05) is 18.4 Å². The van der Waals surface area contributed by atoms with Crippen LogP contribution in [-0.4, -0.2) is 24.0 Å². The molecule has 1 aliphatic heterocycles. The highest BCUT2D eigenvalue weighted by Gasteiger charge is 2.20. The van der Waals surface area contributed by atoms with Crippen LogP contribution in [0.25, 0.3) is 10.2 Å². The third-order valence-electron chi connectivity index (χ3n) is 4.58. The number of para-hydroxylation sites is 1. The quantitative estimate of drug-likeness (QED) is 0.751. The highest BCUT2D eigenvalue weighted by Crippen LogP contribution is 2.24. The van der Waals surface area contributed by atoms with Gasteiger partial charge in [-0.05, 0) is 49.2 Å². The Morgan fingerprint density at radius 1 is 1.20 bits per heavy atom. The van der Waals surface area contributed by atoms with Crippen LogP contribution in [0, 0.1) is 5.92 Å². The van der Waals surface area contributed by atoms with E-state index in [1.165, 1.54) is 10.3 Å². The number of benzene rings is 2. The first kappa shape index (κ1) is 16.2. The average Bonchev–Trinajstić information content (AvgIpc) is 3.06. The first-order valence-corrected chi connectivity index (χ1v) is 9.54. The molecule has 4 nitrogen and oxygen atoms in total. The minimum Gasteiger partial charge on any atom is -0.326 e. The van der Waals surface area contributed by atoms with Crippen molar-refractivity contribution >= 4 is 33.1 Å². The van der Waals surface area contributed by atoms with Gasteiger partial charge in [-0.25, -0.2) is 4.98 Å². The van der Waals surface area contributed by atoms with Crippen molar-refractivity contribution in [1.29, 1.82) is 0 Å². The zero-order valence-corrected chi connectivity index (χ0v) is 14.8. The second kappa shape index (κ2) is 7.33. The Hall–Kier alpha value is -2.24. The second-order valence-electron chi connectivity index (χ2n) is 6.48. The maximum absolute atomic E-state index is 12.3. The van der Waals surface area contributed by atoms with E-state index in [1.54, 1.807) is 11.3 Å². The van der Waals surface area contributed by atoms with Crippen molar-refractivity contribution in [1.82, 2.24) is 10.3 Å². The number of thiazole rings is 1. The number of hydrogen-bond acceptors (Lipinski definition) is 4. The summed E-state index contributed by atoms with van der Waals surface area (Å²) in [6.45, 7) is 1.80. The van der Waals surface area contributed by atoms with Crippen LogP contribution in [0.5, 0.6) is 0 Å². The molecule has 1 atom stereocenters. The predicted molar refractivity (Wildman–Crippen MR) is 103 cm³/mol. The summed E-state index contributed by atoms with van der Waals surface area (Å²) in [5.74, 6) is 0.197. The molecule has 2 aromatic carbocycles. The first-order valence-electron chi connectivity index (χ1n) is 8.73. The molecule has 0 aliphatic carbocycles. The van der Waals surface area contributed by atoms with E-state index in [0.29, 0.717) is 0 Å². The smallest absolute Gasteiger partial charge is 0.228 e. The Morgan fingerprint density at radius 3 is 2.80 bits per heavy atom. The number of anilines is 1. The first-order chi connectivity index (χ1) is 12.3. The van der Waals surface area contributed by atoms with Gasteiger partial charge in [-0.3, -0.25) is 4.79 Å². The lowest BCUT2D eigenvalue weighted by molar-refractivity contribution is -0.120. The van der Waals surface area contributed by atoms with Crippen molar-refractivity contribution in [3.05, 3.63) is 59.1 Å². The van der Waals surface area contributed by atoms with E-state index in [4.69, 9.17) is 0 Å². The Morgan fingerprint density at radius 2 is 2.04 bits per heavy atom. The molecule has 25 heavy (non-hydrogen) atoms. The molecule has 0 radical (unpaired) electrons. The number of fused-ring (bicyclic) bond motifs is 1. The summed E-state index contributed by atoms with van der Waals surface area (Å²) in [7, 11) is 0. The van der Waals surface area contributed by atoms with Gasteiger partial charge in [0.1, 0.15) is 0 Å². The lowest BCUT2D eigenvalue weighted by Gasteiger charge is -2.21. The van der Waals surface area contributed by atoms with Gasteiger partial charge in [0, 0.05) is 18.7 Å². The maximum atomic E-state index is 12.3. The van der Waals surface area contributed by atoms with Gasteiger partial charge in [0.2, 0.25) is 5.91 Å². The maximum Gasteiger partial charge on any atom is 0.228 e. The Labute approximate surface area is 151 Å². The molecule has 3 aromatic rings. The van der Waals surface area contributed by atoms with E-state index in [0.717, 1.165) is 48.6 Å². The van der Waals surface area contributed by atoms with Crippen LogP contribution in [0.1, 0.15) is 23.4 Å². The van der Waals surface area contributed by atoms with Gasteiger partial charge in [0.05, 0.1) is 21.1 Å². The molecule has 2 heterocycles. The van der Waals surface area contributed by atoms with Crippen LogP contribution in [0.2, 0.25) is 0 Å². The zero-order chi connectivity index (χ0) is 17.1. The number of amides is 1. The van der Waals surface area contributed by atoms with E-state index < -0.39 is 0 Å². The Balaban J connectivity index is 1.40. The highest BCUT2D eigenvalue weighted by molar-refractivity contribution is 7.18. The molecule has 1 fully saturated rings. The topological polar surface area (TPSA) is 54.0 Å². The number of rotatable bonds is 4. The number of hydrogen-bond donors (Lipinski definition) is 2. The van der Waals surface area contributed by atoms with E-state index in [9.17, 15) is 4.79 Å². The molecule has 1 aliphatic rings. The highest BCUT2D eigenvalue weighted by atomic mass is 32.1. The third-order valence-corrected chi connectivity index (χ3v) is 5.62. The van der Waals surface area contributed by atoms with E-state index in [1.807, 2.05) is 30.3 Å². The van der Waals surface area contributed by atoms with Gasteiger partial charge in [0.25, 0.3) is 0 Å². The lowest BCUT2D eigenvalue weighted by atomic mass is 9.99. The molecular weight excluding hydrogens is 330 g/mol. The van der Waals surface area contributed by atoms with Crippen molar-refractivity contribution in [3.63, 3.8) is 0 Å². The molecular formula is C20H21N3OS. The van der Waals surface area contributed by atoms with Gasteiger partial charge < -0.3 is 10.6 Å². The van der Waals surface area contributed by atoms with Gasteiger partial charge in [-0.15, -0.1) is 11.3 Å². The fraction of sp³-hybridized carbons (Fsp3) is 0.300. The third kappa shape index (κ3) is 3.89. The monoisotopic (exact) mass is 351 g/mol. The molecule has 1 saturated heterocycles.